The maximum absolute atomic E-state index is 4.14. The van der Waals surface area contributed by atoms with Gasteiger partial charge in [-0.25, -0.2) is 0 Å². The van der Waals surface area contributed by atoms with Crippen molar-refractivity contribution in [2.24, 2.45) is 0 Å². The van der Waals surface area contributed by atoms with Crippen molar-refractivity contribution in [2.75, 3.05) is 0 Å². The van der Waals surface area contributed by atoms with E-state index in [1.165, 1.54) is 5.56 Å². The zero-order chi connectivity index (χ0) is 9.10. The van der Waals surface area contributed by atoms with Crippen LogP contribution in [0.2, 0.25) is 0 Å². The Morgan fingerprint density at radius 3 is 2.85 bits per heavy atom. The molecule has 13 heavy (non-hydrogen) atoms. The molecule has 2 aromatic rings. The molecule has 1 heteroatoms. The number of benzene rings is 1. The lowest BCUT2D eigenvalue weighted by Gasteiger charge is -2.00. The number of nitrogens with zero attached hydrogens (tertiary/aromatic N) is 1. The minimum atomic E-state index is 1.10. The molecule has 0 aliphatic rings. The Labute approximate surface area is 78.1 Å². The third kappa shape index (κ3) is 1.75. The van der Waals surface area contributed by atoms with E-state index in [1.807, 2.05) is 43.6 Å². The van der Waals surface area contributed by atoms with Gasteiger partial charge in [0.25, 0.3) is 0 Å². The lowest BCUT2D eigenvalue weighted by molar-refractivity contribution is 1.27. The molecule has 2 rings (SSSR count). The van der Waals surface area contributed by atoms with E-state index in [4.69, 9.17) is 0 Å². The van der Waals surface area contributed by atoms with E-state index in [0.29, 0.717) is 0 Å². The second-order valence-corrected chi connectivity index (χ2v) is 3.03. The standard InChI is InChI=1S/C12H10N/c1-10-7-12(9-13-8-10)11-5-3-2-4-6-11/h2-5,7-9H,1H3. The molecular formula is C12H10N. The zero-order valence-corrected chi connectivity index (χ0v) is 7.49. The highest BCUT2D eigenvalue weighted by Gasteiger charge is 1.96. The number of hydrogen-bond donors (Lipinski definition) is 0. The molecule has 1 heterocycles. The summed E-state index contributed by atoms with van der Waals surface area (Å²) in [6.07, 6.45) is 3.71. The van der Waals surface area contributed by atoms with Gasteiger partial charge in [0.1, 0.15) is 0 Å². The summed E-state index contributed by atoms with van der Waals surface area (Å²) >= 11 is 0. The number of rotatable bonds is 1. The molecule has 1 nitrogen and oxygen atoms in total. The SMILES string of the molecule is Cc1cncc(-c2[c]cccc2)c1. The lowest BCUT2D eigenvalue weighted by Crippen LogP contribution is -1.81. The van der Waals surface area contributed by atoms with Gasteiger partial charge in [0, 0.05) is 18.0 Å². The van der Waals surface area contributed by atoms with Crippen LogP contribution in [0.5, 0.6) is 0 Å². The van der Waals surface area contributed by atoms with E-state index in [9.17, 15) is 0 Å². The van der Waals surface area contributed by atoms with Gasteiger partial charge in [0.2, 0.25) is 0 Å². The first-order chi connectivity index (χ1) is 6.36. The Morgan fingerprint density at radius 2 is 2.15 bits per heavy atom. The van der Waals surface area contributed by atoms with E-state index in [-0.39, 0.29) is 0 Å². The lowest BCUT2D eigenvalue weighted by atomic mass is 10.1. The van der Waals surface area contributed by atoms with E-state index < -0.39 is 0 Å². The van der Waals surface area contributed by atoms with Crippen LogP contribution in [-0.4, -0.2) is 4.98 Å². The molecule has 0 spiro atoms. The van der Waals surface area contributed by atoms with Crippen molar-refractivity contribution in [3.63, 3.8) is 0 Å². The Morgan fingerprint density at radius 1 is 1.23 bits per heavy atom. The first-order valence-corrected chi connectivity index (χ1v) is 4.25. The Balaban J connectivity index is 2.48. The van der Waals surface area contributed by atoms with Gasteiger partial charge >= 0.3 is 0 Å². The van der Waals surface area contributed by atoms with Gasteiger partial charge in [0.05, 0.1) is 0 Å². The maximum atomic E-state index is 4.14. The smallest absolute Gasteiger partial charge is 0.0346 e. The summed E-state index contributed by atoms with van der Waals surface area (Å²) in [5.41, 5.74) is 3.40. The van der Waals surface area contributed by atoms with E-state index >= 15 is 0 Å². The highest BCUT2D eigenvalue weighted by atomic mass is 14.6. The number of pyridine rings is 1. The zero-order valence-electron chi connectivity index (χ0n) is 7.49. The van der Waals surface area contributed by atoms with Crippen molar-refractivity contribution < 1.29 is 0 Å². The number of aryl methyl sites for hydroxylation is 1. The van der Waals surface area contributed by atoms with Crippen molar-refractivity contribution >= 4 is 0 Å². The van der Waals surface area contributed by atoms with Crippen LogP contribution in [0.3, 0.4) is 0 Å². The largest absolute Gasteiger partial charge is 0.264 e. The van der Waals surface area contributed by atoms with Crippen LogP contribution in [0.15, 0.2) is 42.7 Å². The van der Waals surface area contributed by atoms with E-state index in [0.717, 1.165) is 11.1 Å². The molecular weight excluding hydrogens is 158 g/mol. The first-order valence-electron chi connectivity index (χ1n) is 4.25. The summed E-state index contributed by atoms with van der Waals surface area (Å²) in [5.74, 6) is 0. The van der Waals surface area contributed by atoms with Gasteiger partial charge in [-0.3, -0.25) is 4.98 Å². The third-order valence-corrected chi connectivity index (χ3v) is 1.90. The Hall–Kier alpha value is -1.63. The predicted octanol–water partition coefficient (Wildman–Crippen LogP) is 2.86. The molecule has 63 valence electrons. The molecule has 0 saturated heterocycles. The molecule has 0 bridgehead atoms. The van der Waals surface area contributed by atoms with Crippen LogP contribution in [0.4, 0.5) is 0 Å². The van der Waals surface area contributed by atoms with Crippen LogP contribution in [-0.2, 0) is 0 Å². The molecule has 1 aromatic heterocycles. The highest BCUT2D eigenvalue weighted by molar-refractivity contribution is 5.61. The minimum absolute atomic E-state index is 1.10. The summed E-state index contributed by atoms with van der Waals surface area (Å²) < 4.78 is 0. The molecule has 0 N–H and O–H groups in total. The fourth-order valence-electron chi connectivity index (χ4n) is 1.28. The van der Waals surface area contributed by atoms with E-state index in [1.54, 1.807) is 0 Å². The first kappa shape index (κ1) is 7.99. The molecule has 1 aromatic carbocycles. The van der Waals surface area contributed by atoms with Gasteiger partial charge in [-0.05, 0) is 30.2 Å². The predicted molar refractivity (Wildman–Crippen MR) is 53.2 cm³/mol. The number of hydrogen-bond acceptors (Lipinski definition) is 1. The molecule has 0 amide bonds. The molecule has 0 aliphatic carbocycles. The third-order valence-electron chi connectivity index (χ3n) is 1.90. The summed E-state index contributed by atoms with van der Waals surface area (Å²) in [7, 11) is 0. The summed E-state index contributed by atoms with van der Waals surface area (Å²) in [6, 6.07) is 13.2. The topological polar surface area (TPSA) is 12.9 Å². The van der Waals surface area contributed by atoms with Gasteiger partial charge in [0.15, 0.2) is 0 Å². The van der Waals surface area contributed by atoms with Crippen molar-refractivity contribution in [3.05, 3.63) is 54.4 Å². The summed E-state index contributed by atoms with van der Waals surface area (Å²) in [5, 5.41) is 0. The Bertz CT molecular complexity index is 393. The van der Waals surface area contributed by atoms with E-state index in [2.05, 4.69) is 17.1 Å². The molecule has 0 aliphatic heterocycles. The van der Waals surface area contributed by atoms with Gasteiger partial charge in [-0.15, -0.1) is 0 Å². The van der Waals surface area contributed by atoms with Crippen molar-refractivity contribution in [2.45, 2.75) is 6.92 Å². The maximum Gasteiger partial charge on any atom is 0.0346 e. The van der Waals surface area contributed by atoms with Crippen molar-refractivity contribution in [3.8, 4) is 11.1 Å². The highest BCUT2D eigenvalue weighted by Crippen LogP contribution is 2.17. The van der Waals surface area contributed by atoms with Crippen LogP contribution >= 0.6 is 0 Å². The van der Waals surface area contributed by atoms with Gasteiger partial charge < -0.3 is 0 Å². The van der Waals surface area contributed by atoms with Crippen LogP contribution in [0.1, 0.15) is 5.56 Å². The van der Waals surface area contributed by atoms with Gasteiger partial charge in [-0.2, -0.15) is 0 Å². The molecule has 1 radical (unpaired) electrons. The van der Waals surface area contributed by atoms with Crippen LogP contribution in [0, 0.1) is 13.0 Å². The quantitative estimate of drug-likeness (QED) is 0.638. The monoisotopic (exact) mass is 168 g/mol. The second kappa shape index (κ2) is 3.40. The fraction of sp³-hybridized carbons (Fsp3) is 0.0833. The van der Waals surface area contributed by atoms with Crippen molar-refractivity contribution in [1.82, 2.24) is 4.98 Å². The summed E-state index contributed by atoms with van der Waals surface area (Å²) in [6.45, 7) is 2.04. The second-order valence-electron chi connectivity index (χ2n) is 3.03. The fourth-order valence-corrected chi connectivity index (χ4v) is 1.28. The average Bonchev–Trinajstić information content (AvgIpc) is 2.19. The van der Waals surface area contributed by atoms with Gasteiger partial charge in [-0.1, -0.05) is 24.3 Å². The molecule has 0 saturated carbocycles. The minimum Gasteiger partial charge on any atom is -0.264 e. The van der Waals surface area contributed by atoms with Crippen LogP contribution < -0.4 is 0 Å². The number of aromatic nitrogens is 1. The Kier molecular flexibility index (Phi) is 2.09. The summed E-state index contributed by atoms with van der Waals surface area (Å²) in [4.78, 5) is 4.14. The molecule has 0 atom stereocenters. The van der Waals surface area contributed by atoms with Crippen LogP contribution in [0.25, 0.3) is 11.1 Å². The molecule has 0 unspecified atom stereocenters. The normalized spacial score (nSPS) is 9.92. The van der Waals surface area contributed by atoms with Crippen molar-refractivity contribution in [1.29, 1.82) is 0 Å². The average molecular weight is 168 g/mol. The molecule has 0 fully saturated rings.